The van der Waals surface area contributed by atoms with Crippen molar-refractivity contribution in [2.45, 2.75) is 26.9 Å². The van der Waals surface area contributed by atoms with Crippen molar-refractivity contribution in [1.82, 2.24) is 0 Å². The van der Waals surface area contributed by atoms with Crippen molar-refractivity contribution in [1.29, 1.82) is 0 Å². The fourth-order valence-corrected chi connectivity index (χ4v) is 3.93. The molecule has 1 aliphatic rings. The molecule has 0 aliphatic carbocycles. The van der Waals surface area contributed by atoms with Crippen molar-refractivity contribution < 1.29 is 24.3 Å². The molecule has 3 rings (SSSR count). The summed E-state index contributed by atoms with van der Waals surface area (Å²) in [5.74, 6) is 1.02. The number of Topliss-reactive ketones (excluding diaryl/α,β-unsaturated/α-hetero) is 1. The highest BCUT2D eigenvalue weighted by molar-refractivity contribution is 5.94. The fraction of sp³-hybridized carbons (Fsp3) is 0.458. The molecule has 0 radical (unpaired) electrons. The Morgan fingerprint density at radius 1 is 1.17 bits per heavy atom. The Balaban J connectivity index is 1.49. The van der Waals surface area contributed by atoms with E-state index in [2.05, 4.69) is 36.9 Å². The molecule has 1 saturated heterocycles. The Morgan fingerprint density at radius 3 is 2.57 bits per heavy atom. The van der Waals surface area contributed by atoms with E-state index in [1.165, 1.54) is 28.6 Å². The first-order valence-electron chi connectivity index (χ1n) is 10.5. The maximum atomic E-state index is 11.5. The van der Waals surface area contributed by atoms with Crippen molar-refractivity contribution in [2.24, 2.45) is 0 Å². The van der Waals surface area contributed by atoms with E-state index in [9.17, 15) is 9.90 Å². The van der Waals surface area contributed by atoms with Gasteiger partial charge in [-0.25, -0.2) is 0 Å². The average molecular weight is 414 g/mol. The van der Waals surface area contributed by atoms with Gasteiger partial charge >= 0.3 is 0 Å². The van der Waals surface area contributed by atoms with Crippen LogP contribution in [-0.2, 0) is 0 Å². The van der Waals surface area contributed by atoms with Crippen molar-refractivity contribution in [2.75, 3.05) is 51.3 Å². The molecule has 2 aromatic rings. The van der Waals surface area contributed by atoms with E-state index >= 15 is 0 Å². The lowest BCUT2D eigenvalue weighted by Gasteiger charge is -2.35. The van der Waals surface area contributed by atoms with Gasteiger partial charge < -0.3 is 24.4 Å². The van der Waals surface area contributed by atoms with E-state index in [1.807, 2.05) is 0 Å². The van der Waals surface area contributed by atoms with E-state index in [-0.39, 0.29) is 12.4 Å². The van der Waals surface area contributed by atoms with Gasteiger partial charge in [-0.05, 0) is 56.2 Å². The summed E-state index contributed by atoms with van der Waals surface area (Å²) in [4.78, 5) is 15.3. The highest BCUT2D eigenvalue weighted by Gasteiger charge is 2.24. The van der Waals surface area contributed by atoms with E-state index in [0.29, 0.717) is 23.6 Å². The number of ether oxygens (including phenoxy) is 2. The number of benzene rings is 2. The lowest BCUT2D eigenvalue weighted by Crippen LogP contribution is -3.16. The maximum Gasteiger partial charge on any atom is 0.161 e. The number of nitrogens with zero attached hydrogens (tertiary/aromatic N) is 1. The molecular formula is C24H33N2O4+. The predicted molar refractivity (Wildman–Crippen MR) is 118 cm³/mol. The fourth-order valence-electron chi connectivity index (χ4n) is 3.93. The normalized spacial score (nSPS) is 15.7. The third kappa shape index (κ3) is 5.32. The number of rotatable bonds is 8. The lowest BCUT2D eigenvalue weighted by atomic mass is 10.1. The van der Waals surface area contributed by atoms with Crippen LogP contribution >= 0.6 is 0 Å². The summed E-state index contributed by atoms with van der Waals surface area (Å²) in [7, 11) is 1.54. The number of quaternary nitrogens is 1. The summed E-state index contributed by atoms with van der Waals surface area (Å²) >= 11 is 0. The number of piperazine rings is 1. The van der Waals surface area contributed by atoms with Crippen LogP contribution < -0.4 is 19.3 Å². The van der Waals surface area contributed by atoms with Gasteiger partial charge in [-0.15, -0.1) is 0 Å². The summed E-state index contributed by atoms with van der Waals surface area (Å²) in [5, 5.41) is 10.5. The number of hydrogen-bond acceptors (Lipinski definition) is 5. The minimum absolute atomic E-state index is 0.0246. The first kappa shape index (κ1) is 22.1. The van der Waals surface area contributed by atoms with Gasteiger partial charge in [0.25, 0.3) is 0 Å². The number of anilines is 1. The van der Waals surface area contributed by atoms with Gasteiger partial charge in [-0.1, -0.05) is 12.1 Å². The van der Waals surface area contributed by atoms with Gasteiger partial charge in [0.05, 0.1) is 33.3 Å². The highest BCUT2D eigenvalue weighted by atomic mass is 16.5. The number of aliphatic hydroxyl groups is 1. The molecule has 6 heteroatoms. The lowest BCUT2D eigenvalue weighted by molar-refractivity contribution is -0.903. The van der Waals surface area contributed by atoms with E-state index in [1.54, 1.807) is 25.3 Å². The molecule has 2 aromatic carbocycles. The topological polar surface area (TPSA) is 63.4 Å². The van der Waals surface area contributed by atoms with E-state index in [0.717, 1.165) is 26.2 Å². The molecule has 0 aromatic heterocycles. The molecule has 2 N–H and O–H groups in total. The largest absolute Gasteiger partial charge is 0.493 e. The molecule has 0 saturated carbocycles. The molecule has 1 fully saturated rings. The van der Waals surface area contributed by atoms with Crippen LogP contribution in [-0.4, -0.2) is 63.4 Å². The van der Waals surface area contributed by atoms with E-state index < -0.39 is 6.10 Å². The van der Waals surface area contributed by atoms with Crippen molar-refractivity contribution in [3.8, 4) is 11.5 Å². The molecule has 1 atom stereocenters. The molecule has 0 amide bonds. The third-order valence-corrected chi connectivity index (χ3v) is 5.91. The van der Waals surface area contributed by atoms with Gasteiger partial charge in [0, 0.05) is 11.3 Å². The number of aryl methyl sites for hydroxylation is 1. The number of hydrogen-bond donors (Lipinski definition) is 2. The zero-order valence-corrected chi connectivity index (χ0v) is 18.4. The second-order valence-electron chi connectivity index (χ2n) is 8.05. The summed E-state index contributed by atoms with van der Waals surface area (Å²) in [6.07, 6.45) is -0.565. The molecular weight excluding hydrogens is 380 g/mol. The zero-order valence-electron chi connectivity index (χ0n) is 18.4. The molecule has 0 unspecified atom stereocenters. The van der Waals surface area contributed by atoms with Crippen LogP contribution in [0.5, 0.6) is 11.5 Å². The number of aliphatic hydroxyl groups excluding tert-OH is 1. The van der Waals surface area contributed by atoms with Gasteiger partial charge in [0.1, 0.15) is 19.3 Å². The molecule has 1 aliphatic heterocycles. The van der Waals surface area contributed by atoms with Crippen LogP contribution in [0.2, 0.25) is 0 Å². The second-order valence-corrected chi connectivity index (χ2v) is 8.05. The molecule has 6 nitrogen and oxygen atoms in total. The average Bonchev–Trinajstić information content (AvgIpc) is 2.74. The summed E-state index contributed by atoms with van der Waals surface area (Å²) in [6.45, 7) is 10.6. The Bertz CT molecular complexity index is 876. The Hall–Kier alpha value is -2.57. The number of carbonyl (C=O) groups excluding carboxylic acids is 1. The molecule has 1 heterocycles. The Kier molecular flexibility index (Phi) is 7.34. The third-order valence-electron chi connectivity index (χ3n) is 5.91. The molecule has 30 heavy (non-hydrogen) atoms. The van der Waals surface area contributed by atoms with Gasteiger partial charge in [0.15, 0.2) is 17.3 Å². The van der Waals surface area contributed by atoms with Crippen molar-refractivity contribution in [3.05, 3.63) is 53.1 Å². The standard InChI is InChI=1S/C24H32N2O4/c1-17-6-5-7-22(18(17)2)26-12-10-25(11-13-26)15-21(28)16-30-23-9-8-20(19(3)27)14-24(23)29-4/h5-9,14,21,28H,10-13,15-16H2,1-4H3/p+1/t21-/m0/s1. The molecule has 0 spiro atoms. The maximum absolute atomic E-state index is 11.5. The Morgan fingerprint density at radius 2 is 1.90 bits per heavy atom. The van der Waals surface area contributed by atoms with Gasteiger partial charge in [-0.3, -0.25) is 4.79 Å². The first-order valence-corrected chi connectivity index (χ1v) is 10.5. The van der Waals surface area contributed by atoms with Crippen LogP contribution in [0.15, 0.2) is 36.4 Å². The number of ketones is 1. The zero-order chi connectivity index (χ0) is 21.7. The smallest absolute Gasteiger partial charge is 0.161 e. The SMILES string of the molecule is COc1cc(C(C)=O)ccc1OC[C@@H](O)C[NH+]1CCN(c2cccc(C)c2C)CC1. The summed E-state index contributed by atoms with van der Waals surface area (Å²) in [6, 6.07) is 11.6. The quantitative estimate of drug-likeness (QED) is 0.645. The van der Waals surface area contributed by atoms with Crippen LogP contribution in [0.1, 0.15) is 28.4 Å². The number of carbonyl (C=O) groups is 1. The number of methoxy groups -OCH3 is 1. The van der Waals surface area contributed by atoms with Gasteiger partial charge in [-0.2, -0.15) is 0 Å². The molecule has 162 valence electrons. The van der Waals surface area contributed by atoms with Crippen molar-refractivity contribution in [3.63, 3.8) is 0 Å². The van der Waals surface area contributed by atoms with Crippen LogP contribution in [0.3, 0.4) is 0 Å². The van der Waals surface area contributed by atoms with Crippen molar-refractivity contribution >= 4 is 11.5 Å². The van der Waals surface area contributed by atoms with Gasteiger partial charge in [0.2, 0.25) is 0 Å². The predicted octanol–water partition coefficient (Wildman–Crippen LogP) is 1.66. The first-order chi connectivity index (χ1) is 14.4. The molecule has 0 bridgehead atoms. The Labute approximate surface area is 179 Å². The minimum Gasteiger partial charge on any atom is -0.493 e. The van der Waals surface area contributed by atoms with Crippen LogP contribution in [0, 0.1) is 13.8 Å². The van der Waals surface area contributed by atoms with Crippen LogP contribution in [0.25, 0.3) is 0 Å². The summed E-state index contributed by atoms with van der Waals surface area (Å²) < 4.78 is 11.1. The van der Waals surface area contributed by atoms with Crippen LogP contribution in [0.4, 0.5) is 5.69 Å². The van der Waals surface area contributed by atoms with E-state index in [4.69, 9.17) is 9.47 Å². The monoisotopic (exact) mass is 413 g/mol. The second kappa shape index (κ2) is 9.96. The minimum atomic E-state index is -0.565. The highest BCUT2D eigenvalue weighted by Crippen LogP contribution is 2.28. The summed E-state index contributed by atoms with van der Waals surface area (Å²) in [5.41, 5.74) is 4.56. The number of nitrogens with one attached hydrogen (secondary N) is 1.